The predicted octanol–water partition coefficient (Wildman–Crippen LogP) is 2.65. The molecule has 0 aliphatic heterocycles. The summed E-state index contributed by atoms with van der Waals surface area (Å²) in [4.78, 5) is 0. The summed E-state index contributed by atoms with van der Waals surface area (Å²) in [5.41, 5.74) is 6.22. The van der Waals surface area contributed by atoms with Crippen molar-refractivity contribution in [2.45, 2.75) is 13.0 Å². The SMILES string of the molecule is CC(NC(=N)N)c1ccc(Br)c(Cl)c1. The van der Waals surface area contributed by atoms with Crippen molar-refractivity contribution in [2.75, 3.05) is 0 Å². The Morgan fingerprint density at radius 1 is 1.64 bits per heavy atom. The summed E-state index contributed by atoms with van der Waals surface area (Å²) >= 11 is 9.24. The summed E-state index contributed by atoms with van der Waals surface area (Å²) < 4.78 is 0.859. The highest BCUT2D eigenvalue weighted by molar-refractivity contribution is 9.10. The van der Waals surface area contributed by atoms with Crippen LogP contribution in [0.25, 0.3) is 0 Å². The lowest BCUT2D eigenvalue weighted by Gasteiger charge is -2.14. The van der Waals surface area contributed by atoms with Gasteiger partial charge in [0, 0.05) is 4.47 Å². The lowest BCUT2D eigenvalue weighted by Crippen LogP contribution is -2.32. The van der Waals surface area contributed by atoms with Crippen LogP contribution in [0.15, 0.2) is 22.7 Å². The molecule has 1 aromatic rings. The molecule has 3 nitrogen and oxygen atoms in total. The second-order valence-corrected chi connectivity index (χ2v) is 4.21. The van der Waals surface area contributed by atoms with E-state index in [4.69, 9.17) is 22.7 Å². The Labute approximate surface area is 96.3 Å². The average molecular weight is 277 g/mol. The molecular weight excluding hydrogens is 265 g/mol. The molecule has 0 heterocycles. The number of nitrogens with two attached hydrogens (primary N) is 1. The van der Waals surface area contributed by atoms with Crippen molar-refractivity contribution >= 4 is 33.5 Å². The van der Waals surface area contributed by atoms with Gasteiger partial charge >= 0.3 is 0 Å². The van der Waals surface area contributed by atoms with Crippen molar-refractivity contribution in [2.24, 2.45) is 5.73 Å². The zero-order valence-electron chi connectivity index (χ0n) is 7.64. The van der Waals surface area contributed by atoms with Gasteiger partial charge in [-0.3, -0.25) is 5.41 Å². The summed E-state index contributed by atoms with van der Waals surface area (Å²) in [7, 11) is 0. The van der Waals surface area contributed by atoms with Crippen LogP contribution < -0.4 is 11.1 Å². The smallest absolute Gasteiger partial charge is 0.186 e. The van der Waals surface area contributed by atoms with Gasteiger partial charge in [-0.1, -0.05) is 17.7 Å². The van der Waals surface area contributed by atoms with Crippen molar-refractivity contribution in [1.29, 1.82) is 5.41 Å². The monoisotopic (exact) mass is 275 g/mol. The molecule has 1 atom stereocenters. The van der Waals surface area contributed by atoms with Crippen LogP contribution in [0.5, 0.6) is 0 Å². The average Bonchev–Trinajstić information content (AvgIpc) is 2.08. The zero-order chi connectivity index (χ0) is 10.7. The molecule has 1 aromatic carbocycles. The van der Waals surface area contributed by atoms with Crippen LogP contribution in [-0.4, -0.2) is 5.96 Å². The molecule has 0 radical (unpaired) electrons. The fraction of sp³-hybridized carbons (Fsp3) is 0.222. The van der Waals surface area contributed by atoms with Gasteiger partial charge in [0.2, 0.25) is 0 Å². The minimum atomic E-state index is -0.0449. The fourth-order valence-electron chi connectivity index (χ4n) is 1.10. The van der Waals surface area contributed by atoms with Gasteiger partial charge in [0.15, 0.2) is 5.96 Å². The van der Waals surface area contributed by atoms with Crippen molar-refractivity contribution in [3.63, 3.8) is 0 Å². The molecule has 1 unspecified atom stereocenters. The molecule has 0 saturated carbocycles. The molecule has 5 heteroatoms. The zero-order valence-corrected chi connectivity index (χ0v) is 9.98. The third kappa shape index (κ3) is 2.89. The van der Waals surface area contributed by atoms with Crippen molar-refractivity contribution < 1.29 is 0 Å². The van der Waals surface area contributed by atoms with Crippen LogP contribution in [0.4, 0.5) is 0 Å². The Bertz CT molecular complexity index is 354. The normalized spacial score (nSPS) is 12.2. The van der Waals surface area contributed by atoms with Gasteiger partial charge in [-0.25, -0.2) is 0 Å². The van der Waals surface area contributed by atoms with E-state index in [2.05, 4.69) is 21.2 Å². The number of hydrogen-bond acceptors (Lipinski definition) is 1. The fourth-order valence-corrected chi connectivity index (χ4v) is 1.53. The van der Waals surface area contributed by atoms with Crippen LogP contribution >= 0.6 is 27.5 Å². The van der Waals surface area contributed by atoms with E-state index < -0.39 is 0 Å². The standard InChI is InChI=1S/C9H11BrClN3/c1-5(14-9(12)13)6-2-3-7(10)8(11)4-6/h2-5H,1H3,(H4,12,13,14). The molecule has 4 N–H and O–H groups in total. The van der Waals surface area contributed by atoms with Gasteiger partial charge in [0.1, 0.15) is 0 Å². The third-order valence-corrected chi connectivity index (χ3v) is 3.05. The molecule has 0 spiro atoms. The lowest BCUT2D eigenvalue weighted by atomic mass is 10.1. The quantitative estimate of drug-likeness (QED) is 0.574. The van der Waals surface area contributed by atoms with E-state index in [9.17, 15) is 0 Å². The van der Waals surface area contributed by atoms with Gasteiger partial charge in [0.25, 0.3) is 0 Å². The van der Waals surface area contributed by atoms with Gasteiger partial charge in [-0.2, -0.15) is 0 Å². The molecule has 0 aliphatic rings. The highest BCUT2D eigenvalue weighted by atomic mass is 79.9. The number of hydrogen-bond donors (Lipinski definition) is 3. The van der Waals surface area contributed by atoms with E-state index in [1.165, 1.54) is 0 Å². The molecule has 76 valence electrons. The van der Waals surface area contributed by atoms with E-state index in [1.807, 2.05) is 25.1 Å². The summed E-state index contributed by atoms with van der Waals surface area (Å²) in [6.45, 7) is 1.92. The van der Waals surface area contributed by atoms with Gasteiger partial charge in [-0.15, -0.1) is 0 Å². The Hall–Kier alpha value is -0.740. The third-order valence-electron chi connectivity index (χ3n) is 1.82. The first kappa shape index (κ1) is 11.3. The predicted molar refractivity (Wildman–Crippen MR) is 62.6 cm³/mol. The second kappa shape index (κ2) is 4.66. The van der Waals surface area contributed by atoms with Crippen molar-refractivity contribution in [1.82, 2.24) is 5.32 Å². The van der Waals surface area contributed by atoms with Crippen LogP contribution in [0.3, 0.4) is 0 Å². The molecule has 0 bridgehead atoms. The maximum absolute atomic E-state index is 7.09. The molecule has 0 amide bonds. The van der Waals surface area contributed by atoms with E-state index in [0.717, 1.165) is 10.0 Å². The number of guanidine groups is 1. The van der Waals surface area contributed by atoms with Gasteiger partial charge < -0.3 is 11.1 Å². The van der Waals surface area contributed by atoms with Crippen molar-refractivity contribution in [3.05, 3.63) is 33.3 Å². The highest BCUT2D eigenvalue weighted by Crippen LogP contribution is 2.25. The number of halogens is 2. The van der Waals surface area contributed by atoms with E-state index >= 15 is 0 Å². The van der Waals surface area contributed by atoms with Crippen molar-refractivity contribution in [3.8, 4) is 0 Å². The molecule has 0 saturated heterocycles. The first-order chi connectivity index (χ1) is 6.50. The first-order valence-corrected chi connectivity index (χ1v) is 5.23. The minimum absolute atomic E-state index is 0.0156. The largest absolute Gasteiger partial charge is 0.370 e. The molecule has 14 heavy (non-hydrogen) atoms. The first-order valence-electron chi connectivity index (χ1n) is 4.06. The minimum Gasteiger partial charge on any atom is -0.370 e. The maximum Gasteiger partial charge on any atom is 0.186 e. The summed E-state index contributed by atoms with van der Waals surface area (Å²) in [5.74, 6) is -0.0449. The molecule has 0 fully saturated rings. The topological polar surface area (TPSA) is 61.9 Å². The Morgan fingerprint density at radius 3 is 2.79 bits per heavy atom. The number of nitrogens with one attached hydrogen (secondary N) is 2. The van der Waals surface area contributed by atoms with Crippen LogP contribution in [0, 0.1) is 5.41 Å². The number of rotatable bonds is 2. The van der Waals surface area contributed by atoms with Crippen LogP contribution in [0.2, 0.25) is 5.02 Å². The Kier molecular flexibility index (Phi) is 3.77. The highest BCUT2D eigenvalue weighted by Gasteiger charge is 2.07. The molecule has 1 rings (SSSR count). The summed E-state index contributed by atoms with van der Waals surface area (Å²) in [6.07, 6.45) is 0. The molecular formula is C9H11BrClN3. The number of benzene rings is 1. The van der Waals surface area contributed by atoms with Gasteiger partial charge in [0.05, 0.1) is 11.1 Å². The summed E-state index contributed by atoms with van der Waals surface area (Å²) in [6, 6.07) is 5.62. The summed E-state index contributed by atoms with van der Waals surface area (Å²) in [5, 5.41) is 10.5. The Morgan fingerprint density at radius 2 is 2.29 bits per heavy atom. The van der Waals surface area contributed by atoms with E-state index in [-0.39, 0.29) is 12.0 Å². The molecule has 0 aliphatic carbocycles. The molecule has 0 aromatic heterocycles. The lowest BCUT2D eigenvalue weighted by molar-refractivity contribution is 0.709. The van der Waals surface area contributed by atoms with Crippen LogP contribution in [-0.2, 0) is 0 Å². The second-order valence-electron chi connectivity index (χ2n) is 2.95. The Balaban J connectivity index is 2.85. The maximum atomic E-state index is 7.09. The van der Waals surface area contributed by atoms with E-state index in [0.29, 0.717) is 5.02 Å². The van der Waals surface area contributed by atoms with Crippen LogP contribution in [0.1, 0.15) is 18.5 Å². The van der Waals surface area contributed by atoms with E-state index in [1.54, 1.807) is 0 Å². The van der Waals surface area contributed by atoms with Gasteiger partial charge in [-0.05, 0) is 40.5 Å².